The molecule has 1 aromatic rings. The average molecular weight is 264 g/mol. The average Bonchev–Trinajstić information content (AvgIpc) is 2.35. The van der Waals surface area contributed by atoms with E-state index in [4.69, 9.17) is 16.2 Å². The zero-order chi connectivity index (χ0) is 14.0. The van der Waals surface area contributed by atoms with Gasteiger partial charge in [0.2, 0.25) is 5.91 Å². The lowest BCUT2D eigenvalue weighted by molar-refractivity contribution is -0.0127. The molecule has 1 amide bonds. The van der Waals surface area contributed by atoms with Crippen LogP contribution >= 0.6 is 0 Å². The molecule has 3 atom stereocenters. The third kappa shape index (κ3) is 3.02. The summed E-state index contributed by atoms with van der Waals surface area (Å²) in [5, 5.41) is 3.23. The van der Waals surface area contributed by atoms with Crippen LogP contribution in [-0.4, -0.2) is 35.7 Å². The van der Waals surface area contributed by atoms with Crippen molar-refractivity contribution in [2.45, 2.75) is 38.5 Å². The molecule has 1 aliphatic carbocycles. The van der Waals surface area contributed by atoms with Crippen LogP contribution in [0.3, 0.4) is 0 Å². The number of nitrogens with two attached hydrogens (primary N) is 2. The monoisotopic (exact) mass is 264 g/mol. The standard InChI is InChI=1S/C13H20N4O2/c1-3-19-10-6-9(14)12(10)17-11-5-8(13(15)18)4-7(2)16-11/h4-5,9-10,12H,3,6,14H2,1-2H3,(H2,15,18)(H,16,17). The maximum absolute atomic E-state index is 11.2. The van der Waals surface area contributed by atoms with Crippen molar-refractivity contribution < 1.29 is 9.53 Å². The molecule has 0 saturated heterocycles. The summed E-state index contributed by atoms with van der Waals surface area (Å²) < 4.78 is 5.58. The summed E-state index contributed by atoms with van der Waals surface area (Å²) in [6.45, 7) is 4.43. The molecule has 1 aromatic heterocycles. The van der Waals surface area contributed by atoms with Gasteiger partial charge in [-0.1, -0.05) is 0 Å². The van der Waals surface area contributed by atoms with Crippen molar-refractivity contribution >= 4 is 11.7 Å². The van der Waals surface area contributed by atoms with Gasteiger partial charge in [0.05, 0.1) is 12.1 Å². The molecule has 0 radical (unpaired) electrons. The maximum atomic E-state index is 11.2. The lowest BCUT2D eigenvalue weighted by Crippen LogP contribution is -2.60. The molecule has 5 N–H and O–H groups in total. The Labute approximate surface area is 112 Å². The summed E-state index contributed by atoms with van der Waals surface area (Å²) in [5.41, 5.74) is 12.4. The van der Waals surface area contributed by atoms with Crippen LogP contribution in [0.15, 0.2) is 12.1 Å². The predicted molar refractivity (Wildman–Crippen MR) is 72.9 cm³/mol. The molecule has 104 valence electrons. The van der Waals surface area contributed by atoms with Gasteiger partial charge >= 0.3 is 0 Å². The van der Waals surface area contributed by atoms with Gasteiger partial charge in [0.25, 0.3) is 0 Å². The van der Waals surface area contributed by atoms with E-state index < -0.39 is 5.91 Å². The highest BCUT2D eigenvalue weighted by Crippen LogP contribution is 2.26. The Morgan fingerprint density at radius 3 is 2.89 bits per heavy atom. The van der Waals surface area contributed by atoms with Crippen molar-refractivity contribution in [2.24, 2.45) is 11.5 Å². The number of carbonyl (C=O) groups excluding carboxylic acids is 1. The van der Waals surface area contributed by atoms with Gasteiger partial charge in [-0.05, 0) is 32.4 Å². The molecule has 1 saturated carbocycles. The largest absolute Gasteiger partial charge is 0.376 e. The van der Waals surface area contributed by atoms with E-state index >= 15 is 0 Å². The van der Waals surface area contributed by atoms with E-state index in [2.05, 4.69) is 10.3 Å². The molecule has 1 fully saturated rings. The van der Waals surface area contributed by atoms with Crippen LogP contribution in [0.1, 0.15) is 29.4 Å². The van der Waals surface area contributed by atoms with Crippen LogP contribution in [0.4, 0.5) is 5.82 Å². The fraction of sp³-hybridized carbons (Fsp3) is 0.538. The van der Waals surface area contributed by atoms with Crippen LogP contribution in [0.5, 0.6) is 0 Å². The molecule has 2 rings (SSSR count). The normalized spacial score (nSPS) is 25.7. The summed E-state index contributed by atoms with van der Waals surface area (Å²) in [6, 6.07) is 3.36. The molecule has 0 bridgehead atoms. The van der Waals surface area contributed by atoms with Crippen LogP contribution in [0.2, 0.25) is 0 Å². The molecule has 3 unspecified atom stereocenters. The predicted octanol–water partition coefficient (Wildman–Crippen LogP) is 0.406. The van der Waals surface area contributed by atoms with Gasteiger partial charge in [0, 0.05) is 23.9 Å². The van der Waals surface area contributed by atoms with Crippen molar-refractivity contribution in [3.05, 3.63) is 23.4 Å². The molecular formula is C13H20N4O2. The first-order valence-corrected chi connectivity index (χ1v) is 6.43. The number of aryl methyl sites for hydroxylation is 1. The maximum Gasteiger partial charge on any atom is 0.248 e. The van der Waals surface area contributed by atoms with Crippen molar-refractivity contribution in [1.29, 1.82) is 0 Å². The zero-order valence-corrected chi connectivity index (χ0v) is 11.2. The second kappa shape index (κ2) is 5.54. The number of nitrogens with zero attached hydrogens (tertiary/aromatic N) is 1. The van der Waals surface area contributed by atoms with E-state index in [0.717, 1.165) is 12.1 Å². The van der Waals surface area contributed by atoms with E-state index in [1.165, 1.54) is 0 Å². The van der Waals surface area contributed by atoms with E-state index in [9.17, 15) is 4.79 Å². The van der Waals surface area contributed by atoms with Crippen LogP contribution < -0.4 is 16.8 Å². The van der Waals surface area contributed by atoms with E-state index in [-0.39, 0.29) is 18.2 Å². The van der Waals surface area contributed by atoms with Crippen molar-refractivity contribution in [1.82, 2.24) is 4.98 Å². The second-order valence-corrected chi connectivity index (χ2v) is 4.81. The minimum atomic E-state index is -0.465. The van der Waals surface area contributed by atoms with Gasteiger partial charge in [-0.25, -0.2) is 4.98 Å². The summed E-state index contributed by atoms with van der Waals surface area (Å²) >= 11 is 0. The van der Waals surface area contributed by atoms with Gasteiger partial charge in [-0.15, -0.1) is 0 Å². The van der Waals surface area contributed by atoms with Crippen molar-refractivity contribution in [3.8, 4) is 0 Å². The molecular weight excluding hydrogens is 244 g/mol. The van der Waals surface area contributed by atoms with Crippen LogP contribution in [0, 0.1) is 6.92 Å². The van der Waals surface area contributed by atoms with Crippen molar-refractivity contribution in [2.75, 3.05) is 11.9 Å². The first-order valence-electron chi connectivity index (χ1n) is 6.43. The summed E-state index contributed by atoms with van der Waals surface area (Å²) in [7, 11) is 0. The second-order valence-electron chi connectivity index (χ2n) is 4.81. The van der Waals surface area contributed by atoms with Gasteiger partial charge in [0.1, 0.15) is 5.82 Å². The van der Waals surface area contributed by atoms with Gasteiger partial charge < -0.3 is 21.5 Å². The third-order valence-electron chi connectivity index (χ3n) is 3.30. The number of rotatable bonds is 5. The molecule has 19 heavy (non-hydrogen) atoms. The highest BCUT2D eigenvalue weighted by Gasteiger charge is 2.39. The lowest BCUT2D eigenvalue weighted by Gasteiger charge is -2.42. The Hall–Kier alpha value is -1.66. The number of carbonyl (C=O) groups is 1. The van der Waals surface area contributed by atoms with Crippen LogP contribution in [0.25, 0.3) is 0 Å². The minimum absolute atomic E-state index is 0.0231. The van der Waals surface area contributed by atoms with Gasteiger partial charge in [-0.3, -0.25) is 4.79 Å². The number of hydrogen-bond donors (Lipinski definition) is 3. The Morgan fingerprint density at radius 2 is 2.32 bits per heavy atom. The number of anilines is 1. The zero-order valence-electron chi connectivity index (χ0n) is 11.2. The van der Waals surface area contributed by atoms with E-state index in [1.807, 2.05) is 13.8 Å². The van der Waals surface area contributed by atoms with Gasteiger partial charge in [0.15, 0.2) is 0 Å². The Morgan fingerprint density at radius 1 is 1.58 bits per heavy atom. The Balaban J connectivity index is 2.12. The molecule has 0 spiro atoms. The fourth-order valence-electron chi connectivity index (χ4n) is 2.28. The third-order valence-corrected chi connectivity index (χ3v) is 3.30. The lowest BCUT2D eigenvalue weighted by atomic mass is 9.83. The van der Waals surface area contributed by atoms with E-state index in [0.29, 0.717) is 18.0 Å². The number of ether oxygens (including phenoxy) is 1. The van der Waals surface area contributed by atoms with Crippen molar-refractivity contribution in [3.63, 3.8) is 0 Å². The molecule has 0 aromatic carbocycles. The van der Waals surface area contributed by atoms with E-state index in [1.54, 1.807) is 12.1 Å². The number of pyridine rings is 1. The van der Waals surface area contributed by atoms with Gasteiger partial charge in [-0.2, -0.15) is 0 Å². The minimum Gasteiger partial charge on any atom is -0.376 e. The number of primary amides is 1. The topological polar surface area (TPSA) is 103 Å². The van der Waals surface area contributed by atoms with Crippen LogP contribution in [-0.2, 0) is 4.74 Å². The quantitative estimate of drug-likeness (QED) is 0.714. The Kier molecular flexibility index (Phi) is 4.01. The number of nitrogens with one attached hydrogen (secondary N) is 1. The number of amides is 1. The molecule has 1 aliphatic rings. The Bertz CT molecular complexity index is 476. The molecule has 6 heteroatoms. The summed E-state index contributed by atoms with van der Waals surface area (Å²) in [6.07, 6.45) is 0.930. The SMILES string of the molecule is CCOC1CC(N)C1Nc1cc(C(N)=O)cc(C)n1. The first-order chi connectivity index (χ1) is 9.01. The number of aromatic nitrogens is 1. The molecule has 1 heterocycles. The molecule has 6 nitrogen and oxygen atoms in total. The highest BCUT2D eigenvalue weighted by atomic mass is 16.5. The fourth-order valence-corrected chi connectivity index (χ4v) is 2.28. The smallest absolute Gasteiger partial charge is 0.248 e. The summed E-state index contributed by atoms with van der Waals surface area (Å²) in [4.78, 5) is 15.6. The first kappa shape index (κ1) is 13.8. The molecule has 0 aliphatic heterocycles. The summed E-state index contributed by atoms with van der Waals surface area (Å²) in [5.74, 6) is 0.145. The highest BCUT2D eigenvalue weighted by molar-refractivity contribution is 5.93. The number of hydrogen-bond acceptors (Lipinski definition) is 5.